The number of hydroxylamine groups is 1. The van der Waals surface area contributed by atoms with Crippen LogP contribution in [0.1, 0.15) is 29.1 Å². The molecule has 0 atom stereocenters. The van der Waals surface area contributed by atoms with E-state index in [2.05, 4.69) is 18.7 Å². The third-order valence-electron chi connectivity index (χ3n) is 4.76. The number of rotatable bonds is 3. The summed E-state index contributed by atoms with van der Waals surface area (Å²) in [7, 11) is 0. The predicted molar refractivity (Wildman–Crippen MR) is 95.5 cm³/mol. The largest absolute Gasteiger partial charge is 0.379 e. The van der Waals surface area contributed by atoms with Gasteiger partial charge in [-0.1, -0.05) is 0 Å². The van der Waals surface area contributed by atoms with Gasteiger partial charge in [-0.2, -0.15) is 0 Å². The molecule has 2 aliphatic heterocycles. The van der Waals surface area contributed by atoms with Crippen LogP contribution in [0, 0.1) is 13.8 Å². The maximum atomic E-state index is 5.90. The van der Waals surface area contributed by atoms with Crippen LogP contribution in [0.2, 0.25) is 0 Å². The molecule has 0 radical (unpaired) electrons. The second-order valence-electron chi connectivity index (χ2n) is 6.46. The smallest absolute Gasteiger partial charge is 0.165 e. The van der Waals surface area contributed by atoms with E-state index < -0.39 is 0 Å². The number of hydrogen-bond acceptors (Lipinski definition) is 7. The zero-order valence-electron chi connectivity index (χ0n) is 14.4. The van der Waals surface area contributed by atoms with Crippen molar-refractivity contribution in [1.82, 2.24) is 14.9 Å². The molecule has 0 N–H and O–H groups in total. The Hall–Kier alpha value is -1.28. The Balaban J connectivity index is 1.72. The number of fused-ring (bicyclic) bond motifs is 1. The summed E-state index contributed by atoms with van der Waals surface area (Å²) in [6, 6.07) is 0. The van der Waals surface area contributed by atoms with Gasteiger partial charge in [0.1, 0.15) is 10.7 Å². The number of morpholine rings is 1. The Morgan fingerprint density at radius 2 is 1.88 bits per heavy atom. The minimum Gasteiger partial charge on any atom is -0.379 e. The van der Waals surface area contributed by atoms with E-state index in [4.69, 9.17) is 19.5 Å². The van der Waals surface area contributed by atoms with E-state index in [0.29, 0.717) is 0 Å². The molecule has 0 unspecified atom stereocenters. The quantitative estimate of drug-likeness (QED) is 0.850. The SMILES string of the molecule is Cc1sc2nc(CN3CCOCC3)nc(N3CCCCO3)c2c1C. The molecule has 0 amide bonds. The molecule has 2 saturated heterocycles. The third kappa shape index (κ3) is 3.13. The van der Waals surface area contributed by atoms with E-state index >= 15 is 0 Å². The molecule has 2 aromatic rings. The maximum Gasteiger partial charge on any atom is 0.165 e. The number of nitrogens with zero attached hydrogens (tertiary/aromatic N) is 4. The zero-order valence-corrected chi connectivity index (χ0v) is 15.2. The lowest BCUT2D eigenvalue weighted by Gasteiger charge is -2.29. The van der Waals surface area contributed by atoms with Crippen molar-refractivity contribution in [2.75, 3.05) is 44.5 Å². The zero-order chi connectivity index (χ0) is 16.5. The fourth-order valence-corrected chi connectivity index (χ4v) is 4.29. The molecule has 24 heavy (non-hydrogen) atoms. The predicted octanol–water partition coefficient (Wildman–Crippen LogP) is 2.67. The standard InChI is InChI=1S/C17H24N4O2S/c1-12-13(2)24-17-15(12)16(21-5-3-4-8-23-21)18-14(19-17)11-20-6-9-22-10-7-20/h3-11H2,1-2H3. The monoisotopic (exact) mass is 348 g/mol. The average Bonchev–Trinajstić information content (AvgIpc) is 2.90. The molecule has 6 nitrogen and oxygen atoms in total. The van der Waals surface area contributed by atoms with E-state index in [1.165, 1.54) is 10.4 Å². The van der Waals surface area contributed by atoms with Gasteiger partial charge in [-0.15, -0.1) is 11.3 Å². The molecule has 4 rings (SSSR count). The molecular formula is C17H24N4O2S. The first kappa shape index (κ1) is 16.2. The highest BCUT2D eigenvalue weighted by molar-refractivity contribution is 7.18. The molecule has 0 bridgehead atoms. The fraction of sp³-hybridized carbons (Fsp3) is 0.647. The van der Waals surface area contributed by atoms with Crippen molar-refractivity contribution in [1.29, 1.82) is 0 Å². The van der Waals surface area contributed by atoms with E-state index in [1.54, 1.807) is 11.3 Å². The van der Waals surface area contributed by atoms with Gasteiger partial charge in [-0.3, -0.25) is 9.74 Å². The van der Waals surface area contributed by atoms with E-state index in [0.717, 1.165) is 80.7 Å². The summed E-state index contributed by atoms with van der Waals surface area (Å²) in [6.45, 7) is 10.2. The summed E-state index contributed by atoms with van der Waals surface area (Å²) in [4.78, 5) is 20.4. The van der Waals surface area contributed by atoms with Gasteiger partial charge in [0.25, 0.3) is 0 Å². The summed E-state index contributed by atoms with van der Waals surface area (Å²) in [5.41, 5.74) is 1.28. The first-order valence-corrected chi connectivity index (χ1v) is 9.51. The van der Waals surface area contributed by atoms with Crippen LogP contribution >= 0.6 is 11.3 Å². The van der Waals surface area contributed by atoms with Crippen molar-refractivity contribution in [3.63, 3.8) is 0 Å². The topological polar surface area (TPSA) is 50.7 Å². The molecule has 0 aromatic carbocycles. The van der Waals surface area contributed by atoms with Gasteiger partial charge in [0.2, 0.25) is 0 Å². The maximum absolute atomic E-state index is 5.90. The van der Waals surface area contributed by atoms with Crippen molar-refractivity contribution in [2.45, 2.75) is 33.2 Å². The van der Waals surface area contributed by atoms with Crippen molar-refractivity contribution in [3.05, 3.63) is 16.3 Å². The number of anilines is 1. The van der Waals surface area contributed by atoms with Crippen LogP contribution < -0.4 is 5.06 Å². The van der Waals surface area contributed by atoms with Crippen LogP contribution in [-0.2, 0) is 16.1 Å². The molecule has 7 heteroatoms. The summed E-state index contributed by atoms with van der Waals surface area (Å²) in [5, 5.41) is 3.14. The Bertz CT molecular complexity index is 721. The highest BCUT2D eigenvalue weighted by atomic mass is 32.1. The van der Waals surface area contributed by atoms with Crippen molar-refractivity contribution >= 4 is 27.4 Å². The summed E-state index contributed by atoms with van der Waals surface area (Å²) < 4.78 is 5.44. The Morgan fingerprint density at radius 3 is 2.62 bits per heavy atom. The number of aryl methyl sites for hydroxylation is 2. The minimum atomic E-state index is 0.770. The van der Waals surface area contributed by atoms with Crippen LogP contribution in [0.3, 0.4) is 0 Å². The Morgan fingerprint density at radius 1 is 1.04 bits per heavy atom. The van der Waals surface area contributed by atoms with Crippen molar-refractivity contribution in [2.24, 2.45) is 0 Å². The van der Waals surface area contributed by atoms with Crippen molar-refractivity contribution < 1.29 is 9.57 Å². The van der Waals surface area contributed by atoms with E-state index in [9.17, 15) is 0 Å². The molecule has 0 aliphatic carbocycles. The highest BCUT2D eigenvalue weighted by Crippen LogP contribution is 2.36. The molecule has 130 valence electrons. The summed E-state index contributed by atoms with van der Waals surface area (Å²) in [5.74, 6) is 1.83. The summed E-state index contributed by atoms with van der Waals surface area (Å²) in [6.07, 6.45) is 2.26. The van der Waals surface area contributed by atoms with Crippen LogP contribution in [0.4, 0.5) is 5.82 Å². The second-order valence-corrected chi connectivity index (χ2v) is 7.66. The van der Waals surface area contributed by atoms with Gasteiger partial charge in [0.05, 0.1) is 31.8 Å². The van der Waals surface area contributed by atoms with E-state index in [-0.39, 0.29) is 0 Å². The number of thiophene rings is 1. The molecule has 2 aromatic heterocycles. The first-order chi connectivity index (χ1) is 11.7. The first-order valence-electron chi connectivity index (χ1n) is 8.69. The van der Waals surface area contributed by atoms with Gasteiger partial charge in [-0.25, -0.2) is 15.0 Å². The van der Waals surface area contributed by atoms with Gasteiger partial charge in [-0.05, 0) is 32.3 Å². The van der Waals surface area contributed by atoms with Crippen LogP contribution in [0.5, 0.6) is 0 Å². The third-order valence-corrected chi connectivity index (χ3v) is 5.86. The number of aromatic nitrogens is 2. The Kier molecular flexibility index (Phi) is 4.67. The van der Waals surface area contributed by atoms with Gasteiger partial charge in [0.15, 0.2) is 5.82 Å². The molecule has 2 fully saturated rings. The van der Waals surface area contributed by atoms with Gasteiger partial charge >= 0.3 is 0 Å². The Labute approximate surface area is 146 Å². The van der Waals surface area contributed by atoms with Gasteiger partial charge in [0, 0.05) is 24.5 Å². The minimum absolute atomic E-state index is 0.770. The molecular weight excluding hydrogens is 324 g/mol. The lowest BCUT2D eigenvalue weighted by atomic mass is 10.2. The second kappa shape index (κ2) is 6.92. The molecule has 0 saturated carbocycles. The normalized spacial score (nSPS) is 20.0. The van der Waals surface area contributed by atoms with E-state index in [1.807, 2.05) is 5.06 Å². The lowest BCUT2D eigenvalue weighted by molar-refractivity contribution is 0.0330. The van der Waals surface area contributed by atoms with Gasteiger partial charge < -0.3 is 4.74 Å². The molecule has 4 heterocycles. The number of ether oxygens (including phenoxy) is 1. The van der Waals surface area contributed by atoms with Crippen molar-refractivity contribution in [3.8, 4) is 0 Å². The van der Waals surface area contributed by atoms with Crippen LogP contribution in [0.25, 0.3) is 10.2 Å². The molecule has 0 spiro atoms. The van der Waals surface area contributed by atoms with Crippen LogP contribution in [0.15, 0.2) is 0 Å². The fourth-order valence-electron chi connectivity index (χ4n) is 3.25. The molecule has 2 aliphatic rings. The average molecular weight is 348 g/mol. The lowest BCUT2D eigenvalue weighted by Crippen LogP contribution is -2.36. The highest BCUT2D eigenvalue weighted by Gasteiger charge is 2.22. The van der Waals surface area contributed by atoms with Crippen LogP contribution in [-0.4, -0.2) is 54.3 Å². The number of hydrogen-bond donors (Lipinski definition) is 0. The summed E-state index contributed by atoms with van der Waals surface area (Å²) >= 11 is 1.76.